The van der Waals surface area contributed by atoms with E-state index in [0.29, 0.717) is 17.9 Å². The molecule has 94 valence electrons. The molecule has 0 aromatic heterocycles. The summed E-state index contributed by atoms with van der Waals surface area (Å²) in [5.41, 5.74) is 2.58. The maximum atomic E-state index is 5.46. The lowest BCUT2D eigenvalue weighted by atomic mass is 10.2. The summed E-state index contributed by atoms with van der Waals surface area (Å²) in [5, 5.41) is 3.22. The smallest absolute Gasteiger partial charge is 0.205 e. The lowest BCUT2D eigenvalue weighted by Crippen LogP contribution is -2.42. The molecule has 0 saturated heterocycles. The van der Waals surface area contributed by atoms with Crippen molar-refractivity contribution in [3.63, 3.8) is 0 Å². The van der Waals surface area contributed by atoms with Crippen molar-refractivity contribution in [3.8, 4) is 0 Å². The van der Waals surface area contributed by atoms with E-state index in [4.69, 9.17) is 10.6 Å². The van der Waals surface area contributed by atoms with E-state index in [9.17, 15) is 0 Å². The quantitative estimate of drug-likeness (QED) is 0.196. The summed E-state index contributed by atoms with van der Waals surface area (Å²) in [5.74, 6) is 6.65. The van der Waals surface area contributed by atoms with Gasteiger partial charge < -0.3 is 10.1 Å². The molecular weight excluding hydrogens is 204 g/mol. The number of hydrazine groups is 1. The van der Waals surface area contributed by atoms with E-state index in [1.165, 1.54) is 12.8 Å². The van der Waals surface area contributed by atoms with Gasteiger partial charge in [-0.3, -0.25) is 10.4 Å². The molecule has 0 aromatic rings. The molecule has 0 bridgehead atoms. The molecule has 0 amide bonds. The Morgan fingerprint density at radius 1 is 1.50 bits per heavy atom. The van der Waals surface area contributed by atoms with E-state index in [1.807, 2.05) is 0 Å². The van der Waals surface area contributed by atoms with Crippen molar-refractivity contribution >= 4 is 5.96 Å². The van der Waals surface area contributed by atoms with Crippen LogP contribution in [0.15, 0.2) is 4.99 Å². The number of aliphatic imine (C=N–C) groups is 1. The first-order valence-corrected chi connectivity index (χ1v) is 6.07. The third-order valence-corrected chi connectivity index (χ3v) is 2.22. The van der Waals surface area contributed by atoms with Gasteiger partial charge in [-0.2, -0.15) is 0 Å². The molecule has 0 heterocycles. The van der Waals surface area contributed by atoms with E-state index >= 15 is 0 Å². The average molecular weight is 228 g/mol. The zero-order valence-electron chi connectivity index (χ0n) is 10.3. The number of hydrogen-bond acceptors (Lipinski definition) is 3. The number of rotatable bonds is 7. The fraction of sp³-hybridized carbons (Fsp3) is 0.909. The molecule has 1 aliphatic carbocycles. The molecule has 1 aliphatic rings. The minimum atomic E-state index is 0.576. The van der Waals surface area contributed by atoms with Crippen LogP contribution in [-0.2, 0) is 4.74 Å². The second-order valence-corrected chi connectivity index (χ2v) is 4.62. The van der Waals surface area contributed by atoms with Crippen molar-refractivity contribution in [3.05, 3.63) is 0 Å². The van der Waals surface area contributed by atoms with Crippen LogP contribution in [0.25, 0.3) is 0 Å². The summed E-state index contributed by atoms with van der Waals surface area (Å²) >= 11 is 0. The first-order valence-electron chi connectivity index (χ1n) is 6.07. The SMILES string of the molecule is CC(C)COCCCN=C(NN)NC1CC1. The van der Waals surface area contributed by atoms with Gasteiger partial charge in [0.25, 0.3) is 0 Å². The number of nitrogens with one attached hydrogen (secondary N) is 2. The number of guanidine groups is 1. The minimum absolute atomic E-state index is 0.576. The Kier molecular flexibility index (Phi) is 6.18. The second kappa shape index (κ2) is 7.46. The third kappa shape index (κ3) is 6.63. The molecule has 1 rings (SSSR count). The Labute approximate surface area is 97.8 Å². The van der Waals surface area contributed by atoms with Crippen LogP contribution in [0.5, 0.6) is 0 Å². The predicted molar refractivity (Wildman–Crippen MR) is 66.1 cm³/mol. The first kappa shape index (κ1) is 13.3. The van der Waals surface area contributed by atoms with Crippen LogP contribution in [0.2, 0.25) is 0 Å². The van der Waals surface area contributed by atoms with Crippen LogP contribution >= 0.6 is 0 Å². The lowest BCUT2D eigenvalue weighted by Gasteiger charge is -2.08. The largest absolute Gasteiger partial charge is 0.381 e. The highest BCUT2D eigenvalue weighted by Crippen LogP contribution is 2.18. The van der Waals surface area contributed by atoms with E-state index in [2.05, 4.69) is 29.6 Å². The van der Waals surface area contributed by atoms with Crippen LogP contribution in [0, 0.1) is 5.92 Å². The molecule has 0 spiro atoms. The first-order chi connectivity index (χ1) is 7.72. The molecule has 1 fully saturated rings. The Morgan fingerprint density at radius 3 is 2.81 bits per heavy atom. The van der Waals surface area contributed by atoms with Crippen LogP contribution in [-0.4, -0.2) is 31.8 Å². The number of ether oxygens (including phenoxy) is 1. The van der Waals surface area contributed by atoms with Gasteiger partial charge in [-0.05, 0) is 25.2 Å². The van der Waals surface area contributed by atoms with Gasteiger partial charge in [0.2, 0.25) is 5.96 Å². The van der Waals surface area contributed by atoms with E-state index in [1.54, 1.807) is 0 Å². The Morgan fingerprint density at radius 2 is 2.25 bits per heavy atom. The molecule has 4 N–H and O–H groups in total. The summed E-state index contributed by atoms with van der Waals surface area (Å²) < 4.78 is 5.46. The predicted octanol–water partition coefficient (Wildman–Crippen LogP) is 0.620. The van der Waals surface area contributed by atoms with Crippen LogP contribution in [0.1, 0.15) is 33.1 Å². The number of nitrogens with two attached hydrogens (primary N) is 1. The second-order valence-electron chi connectivity index (χ2n) is 4.62. The number of nitrogens with zero attached hydrogens (tertiary/aromatic N) is 1. The van der Waals surface area contributed by atoms with Crippen molar-refractivity contribution in [1.29, 1.82) is 0 Å². The maximum absolute atomic E-state index is 5.46. The highest BCUT2D eigenvalue weighted by atomic mass is 16.5. The summed E-state index contributed by atoms with van der Waals surface area (Å²) in [6.07, 6.45) is 3.38. The zero-order chi connectivity index (χ0) is 11.8. The van der Waals surface area contributed by atoms with Gasteiger partial charge in [0.05, 0.1) is 0 Å². The fourth-order valence-corrected chi connectivity index (χ4v) is 1.23. The van der Waals surface area contributed by atoms with Gasteiger partial charge in [0.15, 0.2) is 0 Å². The van der Waals surface area contributed by atoms with Crippen molar-refractivity contribution < 1.29 is 4.74 Å². The zero-order valence-corrected chi connectivity index (χ0v) is 10.3. The van der Waals surface area contributed by atoms with Crippen LogP contribution in [0.3, 0.4) is 0 Å². The Balaban J connectivity index is 1.99. The molecule has 0 aromatic carbocycles. The van der Waals surface area contributed by atoms with Gasteiger partial charge in [0, 0.05) is 25.8 Å². The minimum Gasteiger partial charge on any atom is -0.381 e. The molecular formula is C11H24N4O. The summed E-state index contributed by atoms with van der Waals surface area (Å²) in [6.45, 7) is 6.63. The molecule has 5 heteroatoms. The van der Waals surface area contributed by atoms with Crippen LogP contribution < -0.4 is 16.6 Å². The molecule has 0 unspecified atom stereocenters. The summed E-state index contributed by atoms with van der Waals surface area (Å²) in [4.78, 5) is 4.33. The normalized spacial score (nSPS) is 16.6. The molecule has 0 aliphatic heterocycles. The topological polar surface area (TPSA) is 71.7 Å². The van der Waals surface area contributed by atoms with Gasteiger partial charge in [-0.15, -0.1) is 0 Å². The highest BCUT2D eigenvalue weighted by Gasteiger charge is 2.21. The number of hydrogen-bond donors (Lipinski definition) is 3. The van der Waals surface area contributed by atoms with E-state index in [-0.39, 0.29) is 0 Å². The molecule has 0 atom stereocenters. The lowest BCUT2D eigenvalue weighted by molar-refractivity contribution is 0.109. The molecule has 5 nitrogen and oxygen atoms in total. The van der Waals surface area contributed by atoms with Crippen LogP contribution in [0.4, 0.5) is 0 Å². The van der Waals surface area contributed by atoms with Gasteiger partial charge in [-0.1, -0.05) is 13.8 Å². The summed E-state index contributed by atoms with van der Waals surface area (Å²) in [7, 11) is 0. The van der Waals surface area contributed by atoms with Crippen molar-refractivity contribution in [2.24, 2.45) is 16.8 Å². The molecule has 0 radical (unpaired) electrons. The summed E-state index contributed by atoms with van der Waals surface area (Å²) in [6, 6.07) is 0.576. The van der Waals surface area contributed by atoms with Gasteiger partial charge >= 0.3 is 0 Å². The van der Waals surface area contributed by atoms with Crippen molar-refractivity contribution in [1.82, 2.24) is 10.7 Å². The van der Waals surface area contributed by atoms with Crippen molar-refractivity contribution in [2.45, 2.75) is 39.2 Å². The maximum Gasteiger partial charge on any atom is 0.205 e. The molecule has 1 saturated carbocycles. The standard InChI is InChI=1S/C11H24N4O/c1-9(2)8-16-7-3-6-13-11(15-12)14-10-4-5-10/h9-10H,3-8,12H2,1-2H3,(H2,13,14,15). The Hall–Kier alpha value is -0.810. The average Bonchev–Trinajstić information content (AvgIpc) is 3.04. The van der Waals surface area contributed by atoms with Crippen molar-refractivity contribution in [2.75, 3.05) is 19.8 Å². The monoisotopic (exact) mass is 228 g/mol. The Bertz CT molecular complexity index is 214. The highest BCUT2D eigenvalue weighted by molar-refractivity contribution is 5.79. The van der Waals surface area contributed by atoms with Gasteiger partial charge in [0.1, 0.15) is 0 Å². The van der Waals surface area contributed by atoms with E-state index < -0.39 is 0 Å². The van der Waals surface area contributed by atoms with E-state index in [0.717, 1.165) is 26.2 Å². The third-order valence-electron chi connectivity index (χ3n) is 2.22. The fourth-order valence-electron chi connectivity index (χ4n) is 1.23. The van der Waals surface area contributed by atoms with Gasteiger partial charge in [-0.25, -0.2) is 5.84 Å². The molecule has 16 heavy (non-hydrogen) atoms.